The van der Waals surface area contributed by atoms with Gasteiger partial charge in [0.2, 0.25) is 5.91 Å². The third-order valence-corrected chi connectivity index (χ3v) is 4.24. The first-order valence-electron chi connectivity index (χ1n) is 6.29. The molecule has 1 fully saturated rings. The standard InChI is InChI=1S/C14H19NO2S/c1-17-13-4-2-12(3-5-13)15-14(16)10-11-6-8-18-9-7-11/h2-5,11H,6-10H2,1H3,(H,15,16). The Kier molecular flexibility index (Phi) is 4.93. The molecule has 0 spiro atoms. The molecule has 0 saturated carbocycles. The topological polar surface area (TPSA) is 38.3 Å². The number of ether oxygens (including phenoxy) is 1. The highest BCUT2D eigenvalue weighted by Crippen LogP contribution is 2.25. The van der Waals surface area contributed by atoms with Crippen molar-refractivity contribution in [2.75, 3.05) is 23.9 Å². The number of anilines is 1. The van der Waals surface area contributed by atoms with Crippen molar-refractivity contribution in [1.82, 2.24) is 0 Å². The van der Waals surface area contributed by atoms with E-state index in [9.17, 15) is 4.79 Å². The lowest BCUT2D eigenvalue weighted by Crippen LogP contribution is -2.19. The summed E-state index contributed by atoms with van der Waals surface area (Å²) in [6.07, 6.45) is 2.98. The predicted molar refractivity (Wildman–Crippen MR) is 76.3 cm³/mol. The van der Waals surface area contributed by atoms with Crippen LogP contribution in [0.1, 0.15) is 19.3 Å². The maximum atomic E-state index is 11.9. The molecular weight excluding hydrogens is 246 g/mol. The van der Waals surface area contributed by atoms with E-state index in [0.29, 0.717) is 12.3 Å². The zero-order valence-corrected chi connectivity index (χ0v) is 11.5. The normalized spacial score (nSPS) is 16.3. The Hall–Kier alpha value is -1.16. The largest absolute Gasteiger partial charge is 0.497 e. The van der Waals surface area contributed by atoms with Crippen molar-refractivity contribution in [2.24, 2.45) is 5.92 Å². The van der Waals surface area contributed by atoms with Gasteiger partial charge in [-0.05, 0) is 54.5 Å². The molecule has 98 valence electrons. The van der Waals surface area contributed by atoms with E-state index < -0.39 is 0 Å². The number of methoxy groups -OCH3 is 1. The summed E-state index contributed by atoms with van der Waals surface area (Å²) in [5, 5.41) is 2.94. The summed E-state index contributed by atoms with van der Waals surface area (Å²) >= 11 is 1.99. The number of rotatable bonds is 4. The van der Waals surface area contributed by atoms with Crippen molar-refractivity contribution < 1.29 is 9.53 Å². The molecule has 4 heteroatoms. The van der Waals surface area contributed by atoms with Crippen LogP contribution >= 0.6 is 11.8 Å². The first-order chi connectivity index (χ1) is 8.78. The molecular formula is C14H19NO2S. The quantitative estimate of drug-likeness (QED) is 0.908. The second-order valence-corrected chi connectivity index (χ2v) is 5.76. The van der Waals surface area contributed by atoms with Gasteiger partial charge in [-0.3, -0.25) is 4.79 Å². The van der Waals surface area contributed by atoms with Gasteiger partial charge in [0.1, 0.15) is 5.75 Å². The van der Waals surface area contributed by atoms with Crippen molar-refractivity contribution in [3.8, 4) is 5.75 Å². The fourth-order valence-electron chi connectivity index (χ4n) is 2.10. The van der Waals surface area contributed by atoms with E-state index in [4.69, 9.17) is 4.74 Å². The molecule has 1 aliphatic heterocycles. The van der Waals surface area contributed by atoms with E-state index in [1.54, 1.807) is 7.11 Å². The van der Waals surface area contributed by atoms with Crippen molar-refractivity contribution in [3.63, 3.8) is 0 Å². The van der Waals surface area contributed by atoms with Crippen LogP contribution in [0.25, 0.3) is 0 Å². The van der Waals surface area contributed by atoms with Gasteiger partial charge in [0, 0.05) is 12.1 Å². The van der Waals surface area contributed by atoms with Crippen LogP contribution in [0, 0.1) is 5.92 Å². The average molecular weight is 265 g/mol. The highest BCUT2D eigenvalue weighted by Gasteiger charge is 2.17. The highest BCUT2D eigenvalue weighted by atomic mass is 32.2. The lowest BCUT2D eigenvalue weighted by Gasteiger charge is -2.20. The minimum atomic E-state index is 0.122. The lowest BCUT2D eigenvalue weighted by atomic mass is 9.98. The number of benzene rings is 1. The van der Waals surface area contributed by atoms with Gasteiger partial charge in [-0.15, -0.1) is 0 Å². The average Bonchev–Trinajstić information content (AvgIpc) is 2.40. The molecule has 1 aliphatic rings. The lowest BCUT2D eigenvalue weighted by molar-refractivity contribution is -0.117. The zero-order valence-electron chi connectivity index (χ0n) is 10.6. The number of hydrogen-bond acceptors (Lipinski definition) is 3. The summed E-state index contributed by atoms with van der Waals surface area (Å²) in [6, 6.07) is 7.45. The zero-order chi connectivity index (χ0) is 12.8. The molecule has 1 aromatic rings. The van der Waals surface area contributed by atoms with E-state index in [2.05, 4.69) is 5.32 Å². The van der Waals surface area contributed by atoms with Crippen LogP contribution in [0.15, 0.2) is 24.3 Å². The maximum absolute atomic E-state index is 11.9. The van der Waals surface area contributed by atoms with Gasteiger partial charge in [0.25, 0.3) is 0 Å². The summed E-state index contributed by atoms with van der Waals surface area (Å²) in [5.41, 5.74) is 0.839. The van der Waals surface area contributed by atoms with Crippen molar-refractivity contribution in [1.29, 1.82) is 0 Å². The van der Waals surface area contributed by atoms with E-state index in [-0.39, 0.29) is 5.91 Å². The molecule has 1 aromatic carbocycles. The summed E-state index contributed by atoms with van der Waals surface area (Å²) in [6.45, 7) is 0. The molecule has 0 aromatic heterocycles. The first kappa shape index (κ1) is 13.3. The Labute approximate surface area is 112 Å². The Morgan fingerprint density at radius 3 is 2.61 bits per heavy atom. The fourth-order valence-corrected chi connectivity index (χ4v) is 3.30. The molecule has 1 heterocycles. The van der Waals surface area contributed by atoms with Crippen molar-refractivity contribution >= 4 is 23.4 Å². The molecule has 0 bridgehead atoms. The minimum absolute atomic E-state index is 0.122. The molecule has 1 amide bonds. The molecule has 0 unspecified atom stereocenters. The summed E-state index contributed by atoms with van der Waals surface area (Å²) in [7, 11) is 1.63. The van der Waals surface area contributed by atoms with Crippen molar-refractivity contribution in [3.05, 3.63) is 24.3 Å². The van der Waals surface area contributed by atoms with E-state index >= 15 is 0 Å². The number of carbonyl (C=O) groups is 1. The SMILES string of the molecule is COc1ccc(NC(=O)CC2CCSCC2)cc1. The smallest absolute Gasteiger partial charge is 0.224 e. The first-order valence-corrected chi connectivity index (χ1v) is 7.45. The number of amides is 1. The number of hydrogen-bond donors (Lipinski definition) is 1. The summed E-state index contributed by atoms with van der Waals surface area (Å²) < 4.78 is 5.08. The van der Waals surface area contributed by atoms with Gasteiger partial charge < -0.3 is 10.1 Å². The number of carbonyl (C=O) groups excluding carboxylic acids is 1. The van der Waals surface area contributed by atoms with Gasteiger partial charge in [0.05, 0.1) is 7.11 Å². The molecule has 3 nitrogen and oxygen atoms in total. The minimum Gasteiger partial charge on any atom is -0.497 e. The van der Waals surface area contributed by atoms with Gasteiger partial charge >= 0.3 is 0 Å². The van der Waals surface area contributed by atoms with Crippen LogP contribution < -0.4 is 10.1 Å². The molecule has 0 radical (unpaired) electrons. The molecule has 2 rings (SSSR count). The second-order valence-electron chi connectivity index (χ2n) is 4.54. The van der Waals surface area contributed by atoms with E-state index in [1.807, 2.05) is 36.0 Å². The Morgan fingerprint density at radius 2 is 2.00 bits per heavy atom. The Balaban J connectivity index is 1.82. The molecule has 1 N–H and O–H groups in total. The van der Waals surface area contributed by atoms with E-state index in [0.717, 1.165) is 11.4 Å². The predicted octanol–water partition coefficient (Wildman–Crippen LogP) is 3.17. The third-order valence-electron chi connectivity index (χ3n) is 3.19. The van der Waals surface area contributed by atoms with Crippen LogP contribution in [0.2, 0.25) is 0 Å². The highest BCUT2D eigenvalue weighted by molar-refractivity contribution is 7.99. The van der Waals surface area contributed by atoms with Crippen LogP contribution in [0.4, 0.5) is 5.69 Å². The second kappa shape index (κ2) is 6.69. The molecule has 1 saturated heterocycles. The van der Waals surface area contributed by atoms with Crippen LogP contribution in [-0.4, -0.2) is 24.5 Å². The number of nitrogens with one attached hydrogen (secondary N) is 1. The molecule has 0 atom stereocenters. The molecule has 18 heavy (non-hydrogen) atoms. The van der Waals surface area contributed by atoms with Crippen molar-refractivity contribution in [2.45, 2.75) is 19.3 Å². The third kappa shape index (κ3) is 3.95. The van der Waals surface area contributed by atoms with Crippen LogP contribution in [0.3, 0.4) is 0 Å². The summed E-state index contributed by atoms with van der Waals surface area (Å²) in [5.74, 6) is 3.87. The summed E-state index contributed by atoms with van der Waals surface area (Å²) in [4.78, 5) is 11.9. The monoisotopic (exact) mass is 265 g/mol. The van der Waals surface area contributed by atoms with E-state index in [1.165, 1.54) is 24.3 Å². The van der Waals surface area contributed by atoms with Gasteiger partial charge in [0.15, 0.2) is 0 Å². The maximum Gasteiger partial charge on any atom is 0.224 e. The molecule has 0 aliphatic carbocycles. The van der Waals surface area contributed by atoms with Gasteiger partial charge in [-0.25, -0.2) is 0 Å². The van der Waals surface area contributed by atoms with Gasteiger partial charge in [-0.1, -0.05) is 0 Å². The number of thioether (sulfide) groups is 1. The fraction of sp³-hybridized carbons (Fsp3) is 0.500. The van der Waals surface area contributed by atoms with Crippen LogP contribution in [-0.2, 0) is 4.79 Å². The Morgan fingerprint density at radius 1 is 1.33 bits per heavy atom. The van der Waals surface area contributed by atoms with Gasteiger partial charge in [-0.2, -0.15) is 11.8 Å². The van der Waals surface area contributed by atoms with Crippen LogP contribution in [0.5, 0.6) is 5.75 Å². The Bertz CT molecular complexity index is 385.